The van der Waals surface area contributed by atoms with Crippen LogP contribution in [0.5, 0.6) is 0 Å². The molecule has 4 heteroatoms. The minimum Gasteiger partial charge on any atom is -0.382 e. The van der Waals surface area contributed by atoms with Crippen molar-refractivity contribution in [3.8, 4) is 0 Å². The highest BCUT2D eigenvalue weighted by Gasteiger charge is 2.22. The van der Waals surface area contributed by atoms with Crippen molar-refractivity contribution >= 4 is 0 Å². The van der Waals surface area contributed by atoms with E-state index in [1.54, 1.807) is 7.11 Å². The fourth-order valence-electron chi connectivity index (χ4n) is 2.16. The predicted octanol–water partition coefficient (Wildman–Crippen LogP) is 1.32. The summed E-state index contributed by atoms with van der Waals surface area (Å²) in [6.45, 7) is 2.91. The highest BCUT2D eigenvalue weighted by molar-refractivity contribution is 5.27. The molecule has 0 bridgehead atoms. The van der Waals surface area contributed by atoms with Crippen LogP contribution < -0.4 is 5.32 Å². The van der Waals surface area contributed by atoms with Crippen LogP contribution in [-0.4, -0.2) is 38.5 Å². The molecule has 1 aliphatic carbocycles. The standard InChI is InChI=1S/C13H20N2O2/c1-16-9-10-17-8-7-14-12-5-4-11-3-2-6-15-13(11)12/h2-3,6,12,14H,4-5,7-10H2,1H3. The van der Waals surface area contributed by atoms with E-state index < -0.39 is 0 Å². The average molecular weight is 236 g/mol. The summed E-state index contributed by atoms with van der Waals surface area (Å²) in [5.41, 5.74) is 2.59. The van der Waals surface area contributed by atoms with E-state index >= 15 is 0 Å². The predicted molar refractivity (Wildman–Crippen MR) is 66.0 cm³/mol. The van der Waals surface area contributed by atoms with Gasteiger partial charge in [-0.25, -0.2) is 0 Å². The summed E-state index contributed by atoms with van der Waals surface area (Å²) in [7, 11) is 1.68. The molecule has 94 valence electrons. The molecule has 1 heterocycles. The van der Waals surface area contributed by atoms with Gasteiger partial charge in [0.25, 0.3) is 0 Å². The Kier molecular flexibility index (Phi) is 4.91. The van der Waals surface area contributed by atoms with Crippen molar-refractivity contribution in [1.82, 2.24) is 10.3 Å². The van der Waals surface area contributed by atoms with Crippen molar-refractivity contribution in [2.45, 2.75) is 18.9 Å². The normalized spacial score (nSPS) is 18.3. The van der Waals surface area contributed by atoms with E-state index in [0.717, 1.165) is 26.0 Å². The van der Waals surface area contributed by atoms with E-state index in [2.05, 4.69) is 16.4 Å². The third kappa shape index (κ3) is 3.49. The van der Waals surface area contributed by atoms with Crippen LogP contribution in [0.2, 0.25) is 0 Å². The summed E-state index contributed by atoms with van der Waals surface area (Å²) >= 11 is 0. The topological polar surface area (TPSA) is 43.4 Å². The summed E-state index contributed by atoms with van der Waals surface area (Å²) in [6, 6.07) is 4.57. The highest BCUT2D eigenvalue weighted by atomic mass is 16.5. The number of aromatic nitrogens is 1. The van der Waals surface area contributed by atoms with Gasteiger partial charge in [-0.05, 0) is 24.5 Å². The van der Waals surface area contributed by atoms with Crippen LogP contribution in [0.15, 0.2) is 18.3 Å². The van der Waals surface area contributed by atoms with Crippen molar-refractivity contribution < 1.29 is 9.47 Å². The molecule has 2 rings (SSSR count). The highest BCUT2D eigenvalue weighted by Crippen LogP contribution is 2.28. The molecule has 17 heavy (non-hydrogen) atoms. The van der Waals surface area contributed by atoms with Gasteiger partial charge < -0.3 is 14.8 Å². The summed E-state index contributed by atoms with van der Waals surface area (Å²) in [4.78, 5) is 4.45. The van der Waals surface area contributed by atoms with E-state index in [1.165, 1.54) is 11.3 Å². The molecule has 4 nitrogen and oxygen atoms in total. The quantitative estimate of drug-likeness (QED) is 0.725. The van der Waals surface area contributed by atoms with Gasteiger partial charge >= 0.3 is 0 Å². The number of pyridine rings is 1. The first kappa shape index (κ1) is 12.5. The van der Waals surface area contributed by atoms with Gasteiger partial charge in [-0.2, -0.15) is 0 Å². The molecule has 1 N–H and O–H groups in total. The van der Waals surface area contributed by atoms with Crippen LogP contribution in [0.25, 0.3) is 0 Å². The van der Waals surface area contributed by atoms with E-state index in [-0.39, 0.29) is 0 Å². The van der Waals surface area contributed by atoms with Crippen molar-refractivity contribution in [2.24, 2.45) is 0 Å². The molecule has 1 aliphatic rings. The zero-order valence-electron chi connectivity index (χ0n) is 10.3. The second kappa shape index (κ2) is 6.69. The van der Waals surface area contributed by atoms with Crippen molar-refractivity contribution in [1.29, 1.82) is 0 Å². The Morgan fingerprint density at radius 2 is 2.35 bits per heavy atom. The molecule has 0 amide bonds. The molecule has 0 aliphatic heterocycles. The van der Waals surface area contributed by atoms with Gasteiger partial charge in [0.2, 0.25) is 0 Å². The van der Waals surface area contributed by atoms with Gasteiger partial charge in [0.15, 0.2) is 0 Å². The van der Waals surface area contributed by atoms with Gasteiger partial charge in [0, 0.05) is 19.9 Å². The number of nitrogens with one attached hydrogen (secondary N) is 1. The smallest absolute Gasteiger partial charge is 0.0700 e. The molecule has 1 unspecified atom stereocenters. The summed E-state index contributed by atoms with van der Waals surface area (Å²) in [5, 5.41) is 3.49. The number of ether oxygens (including phenoxy) is 2. The molecule has 0 spiro atoms. The molecule has 0 saturated carbocycles. The second-order valence-electron chi connectivity index (χ2n) is 4.20. The van der Waals surface area contributed by atoms with E-state index in [1.807, 2.05) is 12.3 Å². The number of aryl methyl sites for hydroxylation is 1. The molecule has 0 saturated heterocycles. The summed E-state index contributed by atoms with van der Waals surface area (Å²) in [5.74, 6) is 0. The van der Waals surface area contributed by atoms with Gasteiger partial charge in [-0.1, -0.05) is 6.07 Å². The van der Waals surface area contributed by atoms with Gasteiger partial charge in [-0.3, -0.25) is 4.98 Å². The molecular formula is C13H20N2O2. The van der Waals surface area contributed by atoms with Crippen LogP contribution in [0.1, 0.15) is 23.7 Å². The molecule has 1 aromatic heterocycles. The fraction of sp³-hybridized carbons (Fsp3) is 0.615. The monoisotopic (exact) mass is 236 g/mol. The Morgan fingerprint density at radius 1 is 1.41 bits per heavy atom. The Labute approximate surface area is 102 Å². The zero-order chi connectivity index (χ0) is 11.9. The molecule has 1 aromatic rings. The summed E-state index contributed by atoms with van der Waals surface area (Å²) in [6.07, 6.45) is 4.14. The van der Waals surface area contributed by atoms with Crippen molar-refractivity contribution in [3.05, 3.63) is 29.6 Å². The minimum atomic E-state index is 0.400. The number of hydrogen-bond acceptors (Lipinski definition) is 4. The lowest BCUT2D eigenvalue weighted by atomic mass is 10.2. The molecule has 0 fully saturated rings. The Morgan fingerprint density at radius 3 is 3.24 bits per heavy atom. The average Bonchev–Trinajstić information content (AvgIpc) is 2.77. The zero-order valence-corrected chi connectivity index (χ0v) is 10.3. The maximum atomic E-state index is 5.41. The number of nitrogens with zero attached hydrogens (tertiary/aromatic N) is 1. The first-order valence-electron chi connectivity index (χ1n) is 6.15. The lowest BCUT2D eigenvalue weighted by Crippen LogP contribution is -2.24. The summed E-state index contributed by atoms with van der Waals surface area (Å²) < 4.78 is 10.3. The lowest BCUT2D eigenvalue weighted by molar-refractivity contribution is 0.0710. The van der Waals surface area contributed by atoms with Crippen molar-refractivity contribution in [2.75, 3.05) is 33.5 Å². The van der Waals surface area contributed by atoms with Crippen LogP contribution in [-0.2, 0) is 15.9 Å². The Balaban J connectivity index is 1.68. The molecule has 1 atom stereocenters. The SMILES string of the molecule is COCCOCCNC1CCc2cccnc21. The number of rotatable bonds is 7. The van der Waals surface area contributed by atoms with Gasteiger partial charge in [0.1, 0.15) is 0 Å². The molecule has 0 aromatic carbocycles. The van der Waals surface area contributed by atoms with Gasteiger partial charge in [0.05, 0.1) is 31.6 Å². The van der Waals surface area contributed by atoms with E-state index in [4.69, 9.17) is 9.47 Å². The first-order valence-corrected chi connectivity index (χ1v) is 6.15. The Hall–Kier alpha value is -0.970. The number of fused-ring (bicyclic) bond motifs is 1. The first-order chi connectivity index (χ1) is 8.42. The van der Waals surface area contributed by atoms with Crippen molar-refractivity contribution in [3.63, 3.8) is 0 Å². The third-order valence-corrected chi connectivity index (χ3v) is 3.03. The van der Waals surface area contributed by atoms with Crippen LogP contribution >= 0.6 is 0 Å². The maximum absolute atomic E-state index is 5.41. The lowest BCUT2D eigenvalue weighted by Gasteiger charge is -2.13. The second-order valence-corrected chi connectivity index (χ2v) is 4.20. The molecular weight excluding hydrogens is 216 g/mol. The van der Waals surface area contributed by atoms with E-state index in [0.29, 0.717) is 19.3 Å². The third-order valence-electron chi connectivity index (χ3n) is 3.03. The molecule has 0 radical (unpaired) electrons. The number of hydrogen-bond donors (Lipinski definition) is 1. The largest absolute Gasteiger partial charge is 0.382 e. The van der Waals surface area contributed by atoms with Crippen LogP contribution in [0.4, 0.5) is 0 Å². The van der Waals surface area contributed by atoms with E-state index in [9.17, 15) is 0 Å². The minimum absolute atomic E-state index is 0.400. The fourth-order valence-corrected chi connectivity index (χ4v) is 2.16. The van der Waals surface area contributed by atoms with Crippen LogP contribution in [0, 0.1) is 0 Å². The maximum Gasteiger partial charge on any atom is 0.0700 e. The Bertz CT molecular complexity index is 344. The van der Waals surface area contributed by atoms with Crippen LogP contribution in [0.3, 0.4) is 0 Å². The number of methoxy groups -OCH3 is 1. The van der Waals surface area contributed by atoms with Gasteiger partial charge in [-0.15, -0.1) is 0 Å².